The van der Waals surface area contributed by atoms with Crippen molar-refractivity contribution in [1.29, 1.82) is 0 Å². The van der Waals surface area contributed by atoms with Crippen LogP contribution in [-0.2, 0) is 6.42 Å². The number of rotatable bonds is 6. The van der Waals surface area contributed by atoms with Gasteiger partial charge in [-0.1, -0.05) is 62.9 Å². The van der Waals surface area contributed by atoms with Gasteiger partial charge >= 0.3 is 0 Å². The molecule has 1 aliphatic rings. The monoisotopic (exact) mass is 293 g/mol. The van der Waals surface area contributed by atoms with Crippen LogP contribution in [0.15, 0.2) is 24.3 Å². The number of benzene rings is 1. The second-order valence-corrected chi connectivity index (χ2v) is 6.57. The van der Waals surface area contributed by atoms with Crippen molar-refractivity contribution < 1.29 is 0 Å². The molecular weight excluding hydrogens is 266 g/mol. The van der Waals surface area contributed by atoms with Gasteiger partial charge in [-0.25, -0.2) is 0 Å². The Morgan fingerprint density at radius 3 is 2.75 bits per heavy atom. The topological polar surface area (TPSA) is 12.0 Å². The van der Waals surface area contributed by atoms with E-state index in [1.165, 1.54) is 37.7 Å². The van der Waals surface area contributed by atoms with Crippen molar-refractivity contribution in [3.05, 3.63) is 34.9 Å². The summed E-state index contributed by atoms with van der Waals surface area (Å²) in [6.45, 7) is 5.59. The van der Waals surface area contributed by atoms with Gasteiger partial charge in [-0.3, -0.25) is 0 Å². The molecule has 1 fully saturated rings. The molecule has 1 saturated carbocycles. The van der Waals surface area contributed by atoms with E-state index in [0.29, 0.717) is 6.04 Å². The van der Waals surface area contributed by atoms with Gasteiger partial charge in [-0.05, 0) is 49.3 Å². The lowest BCUT2D eigenvalue weighted by molar-refractivity contribution is 0.208. The van der Waals surface area contributed by atoms with Gasteiger partial charge < -0.3 is 5.32 Å². The fraction of sp³-hybridized carbons (Fsp3) is 0.667. The Labute approximate surface area is 129 Å². The summed E-state index contributed by atoms with van der Waals surface area (Å²) in [6, 6.07) is 8.87. The molecule has 1 aliphatic carbocycles. The van der Waals surface area contributed by atoms with E-state index in [-0.39, 0.29) is 0 Å². The maximum Gasteiger partial charge on any atom is 0.0438 e. The molecule has 2 heteroatoms. The van der Waals surface area contributed by atoms with E-state index >= 15 is 0 Å². The largest absolute Gasteiger partial charge is 0.314 e. The van der Waals surface area contributed by atoms with E-state index in [4.69, 9.17) is 11.6 Å². The minimum absolute atomic E-state index is 0.578. The third-order valence-electron chi connectivity index (χ3n) is 4.83. The first kappa shape index (κ1) is 15.9. The second-order valence-electron chi connectivity index (χ2n) is 6.16. The first-order valence-corrected chi connectivity index (χ1v) is 8.59. The maximum absolute atomic E-state index is 6.34. The lowest BCUT2D eigenvalue weighted by Crippen LogP contribution is -2.40. The third-order valence-corrected chi connectivity index (χ3v) is 5.20. The quantitative estimate of drug-likeness (QED) is 0.771. The Hall–Kier alpha value is -0.530. The summed E-state index contributed by atoms with van der Waals surface area (Å²) in [7, 11) is 0. The molecule has 0 aromatic heterocycles. The number of hydrogen-bond donors (Lipinski definition) is 1. The van der Waals surface area contributed by atoms with E-state index in [1.54, 1.807) is 0 Å². The van der Waals surface area contributed by atoms with Gasteiger partial charge in [0.15, 0.2) is 0 Å². The third kappa shape index (κ3) is 4.23. The van der Waals surface area contributed by atoms with E-state index in [1.807, 2.05) is 12.1 Å². The first-order chi connectivity index (χ1) is 9.74. The van der Waals surface area contributed by atoms with Crippen LogP contribution in [0.1, 0.15) is 51.5 Å². The smallest absolute Gasteiger partial charge is 0.0438 e. The molecule has 2 rings (SSSR count). The van der Waals surface area contributed by atoms with Gasteiger partial charge in [-0.15, -0.1) is 0 Å². The van der Waals surface area contributed by atoms with Crippen molar-refractivity contribution in [2.45, 2.75) is 58.4 Å². The average Bonchev–Trinajstić information content (AvgIpc) is 2.49. The minimum Gasteiger partial charge on any atom is -0.314 e. The van der Waals surface area contributed by atoms with Gasteiger partial charge in [-0.2, -0.15) is 0 Å². The van der Waals surface area contributed by atoms with Crippen LogP contribution in [0.2, 0.25) is 5.02 Å². The summed E-state index contributed by atoms with van der Waals surface area (Å²) in [4.78, 5) is 0. The molecule has 0 spiro atoms. The predicted molar refractivity (Wildman–Crippen MR) is 88.4 cm³/mol. The van der Waals surface area contributed by atoms with Crippen LogP contribution in [0, 0.1) is 11.8 Å². The highest BCUT2D eigenvalue weighted by Crippen LogP contribution is 2.34. The lowest BCUT2D eigenvalue weighted by atomic mass is 9.75. The molecule has 0 radical (unpaired) electrons. The van der Waals surface area contributed by atoms with Crippen LogP contribution in [0.5, 0.6) is 0 Å². The predicted octanol–water partition coefficient (Wildman–Crippen LogP) is 5.08. The van der Waals surface area contributed by atoms with E-state index in [0.717, 1.165) is 29.8 Å². The summed E-state index contributed by atoms with van der Waals surface area (Å²) in [6.07, 6.45) is 7.98. The molecule has 1 nitrogen and oxygen atoms in total. The summed E-state index contributed by atoms with van der Waals surface area (Å²) in [5, 5.41) is 4.63. The number of nitrogens with one attached hydrogen (secondary N) is 1. The highest BCUT2D eigenvalue weighted by molar-refractivity contribution is 6.31. The van der Waals surface area contributed by atoms with E-state index < -0.39 is 0 Å². The van der Waals surface area contributed by atoms with Crippen LogP contribution in [0.4, 0.5) is 0 Å². The molecule has 0 aliphatic heterocycles. The molecule has 20 heavy (non-hydrogen) atoms. The van der Waals surface area contributed by atoms with Gasteiger partial charge in [0, 0.05) is 11.1 Å². The van der Waals surface area contributed by atoms with Crippen LogP contribution in [-0.4, -0.2) is 12.6 Å². The van der Waals surface area contributed by atoms with Crippen molar-refractivity contribution in [3.63, 3.8) is 0 Å². The Morgan fingerprint density at radius 1 is 1.25 bits per heavy atom. The number of likely N-dealkylation sites (N-methyl/N-ethyl adjacent to an activating group) is 1. The van der Waals surface area contributed by atoms with E-state index in [2.05, 4.69) is 31.3 Å². The van der Waals surface area contributed by atoms with Crippen molar-refractivity contribution in [2.75, 3.05) is 6.54 Å². The standard InChI is InChI=1S/C18H28ClN/c1-3-14-8-7-10-16(12-14)18(20-4-2)13-15-9-5-6-11-17(15)19/h5-6,9,11,14,16,18,20H,3-4,7-8,10,12-13H2,1-2H3. The Kier molecular flexibility index (Phi) is 6.38. The molecule has 0 amide bonds. The van der Waals surface area contributed by atoms with Crippen molar-refractivity contribution in [1.82, 2.24) is 5.32 Å². The van der Waals surface area contributed by atoms with Crippen LogP contribution in [0.3, 0.4) is 0 Å². The first-order valence-electron chi connectivity index (χ1n) is 8.21. The maximum atomic E-state index is 6.34. The van der Waals surface area contributed by atoms with Crippen LogP contribution in [0.25, 0.3) is 0 Å². The molecule has 1 aromatic rings. The second kappa shape index (κ2) is 8.05. The summed E-state index contributed by atoms with van der Waals surface area (Å²) >= 11 is 6.34. The zero-order valence-electron chi connectivity index (χ0n) is 12.9. The zero-order chi connectivity index (χ0) is 14.4. The minimum atomic E-state index is 0.578. The molecule has 1 N–H and O–H groups in total. The van der Waals surface area contributed by atoms with Crippen molar-refractivity contribution in [3.8, 4) is 0 Å². The summed E-state index contributed by atoms with van der Waals surface area (Å²) in [5.74, 6) is 1.74. The van der Waals surface area contributed by atoms with Crippen molar-refractivity contribution in [2.24, 2.45) is 11.8 Å². The molecule has 1 aromatic carbocycles. The molecule has 0 heterocycles. The molecular formula is C18H28ClN. The Bertz CT molecular complexity index is 404. The van der Waals surface area contributed by atoms with Gasteiger partial charge in [0.25, 0.3) is 0 Å². The number of halogens is 1. The van der Waals surface area contributed by atoms with Crippen LogP contribution < -0.4 is 5.32 Å². The molecule has 3 unspecified atom stereocenters. The Balaban J connectivity index is 2.04. The summed E-state index contributed by atoms with van der Waals surface area (Å²) < 4.78 is 0. The summed E-state index contributed by atoms with van der Waals surface area (Å²) in [5.41, 5.74) is 1.29. The van der Waals surface area contributed by atoms with Gasteiger partial charge in [0.05, 0.1) is 0 Å². The average molecular weight is 294 g/mol. The number of hydrogen-bond acceptors (Lipinski definition) is 1. The Morgan fingerprint density at radius 2 is 2.05 bits per heavy atom. The highest BCUT2D eigenvalue weighted by Gasteiger charge is 2.27. The van der Waals surface area contributed by atoms with Crippen molar-refractivity contribution >= 4 is 11.6 Å². The fourth-order valence-electron chi connectivity index (χ4n) is 3.64. The van der Waals surface area contributed by atoms with Gasteiger partial charge in [0.1, 0.15) is 0 Å². The molecule has 0 saturated heterocycles. The SMILES string of the molecule is CCNC(Cc1ccccc1Cl)C1CCCC(CC)C1. The fourth-order valence-corrected chi connectivity index (χ4v) is 3.85. The molecule has 3 atom stereocenters. The lowest BCUT2D eigenvalue weighted by Gasteiger charge is -2.35. The van der Waals surface area contributed by atoms with E-state index in [9.17, 15) is 0 Å². The van der Waals surface area contributed by atoms with Gasteiger partial charge in [0.2, 0.25) is 0 Å². The molecule has 0 bridgehead atoms. The van der Waals surface area contributed by atoms with Crippen LogP contribution >= 0.6 is 11.6 Å². The normalized spacial score (nSPS) is 24.6. The highest BCUT2D eigenvalue weighted by atomic mass is 35.5. The zero-order valence-corrected chi connectivity index (χ0v) is 13.6. The molecule has 112 valence electrons.